The Balaban J connectivity index is 1.95. The molecule has 5 heteroatoms. The topological polar surface area (TPSA) is 49.4 Å². The zero-order valence-electron chi connectivity index (χ0n) is 7.70. The lowest BCUT2D eigenvalue weighted by molar-refractivity contribution is 0.187. The lowest BCUT2D eigenvalue weighted by Crippen LogP contribution is -2.48. The van der Waals surface area contributed by atoms with E-state index in [0.717, 1.165) is 32.6 Å². The molecule has 2 heterocycles. The van der Waals surface area contributed by atoms with Gasteiger partial charge in [0.15, 0.2) is 9.84 Å². The molecule has 0 aliphatic carbocycles. The Labute approximate surface area is 79.2 Å². The molecule has 0 aromatic carbocycles. The van der Waals surface area contributed by atoms with Gasteiger partial charge in [-0.3, -0.25) is 4.90 Å². The van der Waals surface area contributed by atoms with E-state index in [0.29, 0.717) is 17.5 Å². The maximum absolute atomic E-state index is 11.2. The first kappa shape index (κ1) is 9.43. The Bertz CT molecular complexity index is 270. The minimum absolute atomic E-state index is 0.298. The van der Waals surface area contributed by atoms with Crippen molar-refractivity contribution in [2.45, 2.75) is 12.5 Å². The van der Waals surface area contributed by atoms with E-state index in [1.54, 1.807) is 0 Å². The smallest absolute Gasteiger partial charge is 0.151 e. The number of nitrogens with zero attached hydrogens (tertiary/aromatic N) is 1. The molecule has 2 rings (SSSR count). The molecule has 1 atom stereocenters. The molecular formula is C8H16N2O2S. The summed E-state index contributed by atoms with van der Waals surface area (Å²) in [7, 11) is -2.71. The van der Waals surface area contributed by atoms with Gasteiger partial charge in [-0.25, -0.2) is 8.42 Å². The highest BCUT2D eigenvalue weighted by molar-refractivity contribution is 7.91. The summed E-state index contributed by atoms with van der Waals surface area (Å²) in [6, 6.07) is 0.298. The number of sulfone groups is 1. The lowest BCUT2D eigenvalue weighted by atomic mass is 10.2. The second kappa shape index (κ2) is 3.55. The van der Waals surface area contributed by atoms with Crippen molar-refractivity contribution in [3.63, 3.8) is 0 Å². The molecule has 2 aliphatic rings. The molecule has 1 N–H and O–H groups in total. The zero-order valence-corrected chi connectivity index (χ0v) is 8.52. The summed E-state index contributed by atoms with van der Waals surface area (Å²) < 4.78 is 22.5. The first-order valence-corrected chi connectivity index (χ1v) is 6.65. The minimum Gasteiger partial charge on any atom is -0.314 e. The van der Waals surface area contributed by atoms with Gasteiger partial charge in [-0.15, -0.1) is 0 Å². The minimum atomic E-state index is -2.71. The van der Waals surface area contributed by atoms with E-state index in [-0.39, 0.29) is 0 Å². The van der Waals surface area contributed by atoms with Crippen molar-refractivity contribution in [2.24, 2.45) is 0 Å². The molecule has 0 bridgehead atoms. The van der Waals surface area contributed by atoms with E-state index in [1.807, 2.05) is 0 Å². The van der Waals surface area contributed by atoms with E-state index in [2.05, 4.69) is 10.2 Å². The van der Waals surface area contributed by atoms with Crippen molar-refractivity contribution in [3.8, 4) is 0 Å². The number of piperazine rings is 1. The SMILES string of the molecule is O=S1(=O)CC[C@H](N2CCNCC2)C1. The molecule has 4 nitrogen and oxygen atoms in total. The van der Waals surface area contributed by atoms with Gasteiger partial charge in [-0.05, 0) is 6.42 Å². The third kappa shape index (κ3) is 2.21. The second-order valence-corrected chi connectivity index (χ2v) is 6.07. The molecule has 0 radical (unpaired) electrons. The van der Waals surface area contributed by atoms with Crippen LogP contribution in [0.3, 0.4) is 0 Å². The number of rotatable bonds is 1. The Hall–Kier alpha value is -0.130. The molecule has 13 heavy (non-hydrogen) atoms. The molecule has 0 amide bonds. The molecule has 0 saturated carbocycles. The maximum Gasteiger partial charge on any atom is 0.151 e. The highest BCUT2D eigenvalue weighted by Gasteiger charge is 2.32. The highest BCUT2D eigenvalue weighted by atomic mass is 32.2. The zero-order chi connectivity index (χ0) is 9.31. The highest BCUT2D eigenvalue weighted by Crippen LogP contribution is 2.17. The molecule has 76 valence electrons. The van der Waals surface area contributed by atoms with Gasteiger partial charge in [0, 0.05) is 32.2 Å². The van der Waals surface area contributed by atoms with Crippen molar-refractivity contribution in [1.29, 1.82) is 0 Å². The summed E-state index contributed by atoms with van der Waals surface area (Å²) in [6.45, 7) is 3.99. The van der Waals surface area contributed by atoms with E-state index in [4.69, 9.17) is 0 Å². The van der Waals surface area contributed by atoms with Gasteiger partial charge < -0.3 is 5.32 Å². The van der Waals surface area contributed by atoms with Crippen molar-refractivity contribution >= 4 is 9.84 Å². The van der Waals surface area contributed by atoms with Crippen LogP contribution < -0.4 is 5.32 Å². The molecule has 0 spiro atoms. The van der Waals surface area contributed by atoms with Gasteiger partial charge in [0.1, 0.15) is 0 Å². The fourth-order valence-electron chi connectivity index (χ4n) is 2.11. The first-order valence-electron chi connectivity index (χ1n) is 4.82. The molecule has 2 fully saturated rings. The normalized spacial score (nSPS) is 34.9. The standard InChI is InChI=1S/C8H16N2O2S/c11-13(12)6-1-8(7-13)10-4-2-9-3-5-10/h8-9H,1-7H2/t8-/m0/s1. The molecule has 0 aromatic rings. The van der Waals surface area contributed by atoms with Crippen LogP contribution in [0.5, 0.6) is 0 Å². The summed E-state index contributed by atoms with van der Waals surface area (Å²) in [5.74, 6) is 0.772. The van der Waals surface area contributed by atoms with Crippen molar-refractivity contribution in [2.75, 3.05) is 37.7 Å². The Morgan fingerprint density at radius 3 is 2.46 bits per heavy atom. The van der Waals surface area contributed by atoms with Gasteiger partial charge in [0.2, 0.25) is 0 Å². The molecule has 2 aliphatic heterocycles. The average Bonchev–Trinajstić information content (AvgIpc) is 2.48. The van der Waals surface area contributed by atoms with E-state index >= 15 is 0 Å². The molecule has 0 unspecified atom stereocenters. The molecular weight excluding hydrogens is 188 g/mol. The third-order valence-electron chi connectivity index (χ3n) is 2.88. The fraction of sp³-hybridized carbons (Fsp3) is 1.00. The van der Waals surface area contributed by atoms with Gasteiger partial charge in [-0.1, -0.05) is 0 Å². The number of hydrogen-bond acceptors (Lipinski definition) is 4. The van der Waals surface area contributed by atoms with Crippen LogP contribution in [-0.4, -0.2) is 57.0 Å². The van der Waals surface area contributed by atoms with Crippen LogP contribution in [0.25, 0.3) is 0 Å². The van der Waals surface area contributed by atoms with Crippen LogP contribution in [0.15, 0.2) is 0 Å². The van der Waals surface area contributed by atoms with Crippen LogP contribution in [0.2, 0.25) is 0 Å². The van der Waals surface area contributed by atoms with Gasteiger partial charge >= 0.3 is 0 Å². The summed E-state index contributed by atoms with van der Waals surface area (Å²) in [6.07, 6.45) is 0.836. The van der Waals surface area contributed by atoms with Gasteiger partial charge in [0.05, 0.1) is 11.5 Å². The van der Waals surface area contributed by atoms with Crippen molar-refractivity contribution in [3.05, 3.63) is 0 Å². The maximum atomic E-state index is 11.2. The number of hydrogen-bond donors (Lipinski definition) is 1. The van der Waals surface area contributed by atoms with Crippen molar-refractivity contribution < 1.29 is 8.42 Å². The Morgan fingerprint density at radius 1 is 1.23 bits per heavy atom. The molecule has 0 aromatic heterocycles. The fourth-order valence-corrected chi connectivity index (χ4v) is 3.87. The summed E-state index contributed by atoms with van der Waals surface area (Å²) in [4.78, 5) is 2.31. The number of nitrogens with one attached hydrogen (secondary N) is 1. The summed E-state index contributed by atoms with van der Waals surface area (Å²) in [5.41, 5.74) is 0. The predicted molar refractivity (Wildman–Crippen MR) is 51.5 cm³/mol. The average molecular weight is 204 g/mol. The van der Waals surface area contributed by atoms with E-state index < -0.39 is 9.84 Å². The third-order valence-corrected chi connectivity index (χ3v) is 4.63. The van der Waals surface area contributed by atoms with Gasteiger partial charge in [-0.2, -0.15) is 0 Å². The van der Waals surface area contributed by atoms with Crippen LogP contribution >= 0.6 is 0 Å². The van der Waals surface area contributed by atoms with Gasteiger partial charge in [0.25, 0.3) is 0 Å². The van der Waals surface area contributed by atoms with Crippen LogP contribution in [0.4, 0.5) is 0 Å². The Morgan fingerprint density at radius 2 is 1.92 bits per heavy atom. The quantitative estimate of drug-likeness (QED) is 0.600. The second-order valence-electron chi connectivity index (χ2n) is 3.84. The van der Waals surface area contributed by atoms with E-state index in [1.165, 1.54) is 0 Å². The largest absolute Gasteiger partial charge is 0.314 e. The summed E-state index contributed by atoms with van der Waals surface area (Å²) in [5, 5.41) is 3.27. The van der Waals surface area contributed by atoms with Crippen molar-refractivity contribution in [1.82, 2.24) is 10.2 Å². The first-order chi connectivity index (χ1) is 6.17. The van der Waals surface area contributed by atoms with E-state index in [9.17, 15) is 8.42 Å². The Kier molecular flexibility index (Phi) is 2.58. The van der Waals surface area contributed by atoms with Crippen LogP contribution in [-0.2, 0) is 9.84 Å². The monoisotopic (exact) mass is 204 g/mol. The predicted octanol–water partition coefficient (Wildman–Crippen LogP) is -0.921. The summed E-state index contributed by atoms with van der Waals surface area (Å²) >= 11 is 0. The van der Waals surface area contributed by atoms with Crippen LogP contribution in [0.1, 0.15) is 6.42 Å². The lowest BCUT2D eigenvalue weighted by Gasteiger charge is -2.31. The van der Waals surface area contributed by atoms with Crippen LogP contribution in [0, 0.1) is 0 Å². The molecule has 2 saturated heterocycles.